The lowest BCUT2D eigenvalue weighted by molar-refractivity contribution is -0.112. The van der Waals surface area contributed by atoms with E-state index in [1.165, 1.54) is 35.6 Å². The summed E-state index contributed by atoms with van der Waals surface area (Å²) in [6, 6.07) is 15.3. The van der Waals surface area contributed by atoms with Crippen LogP contribution >= 0.6 is 11.3 Å². The van der Waals surface area contributed by atoms with E-state index in [-0.39, 0.29) is 17.1 Å². The van der Waals surface area contributed by atoms with Gasteiger partial charge in [0.2, 0.25) is 0 Å². The van der Waals surface area contributed by atoms with Gasteiger partial charge in [0, 0.05) is 18.0 Å². The molecule has 4 rings (SSSR count). The molecule has 0 radical (unpaired) electrons. The van der Waals surface area contributed by atoms with Crippen LogP contribution in [0.5, 0.6) is 11.5 Å². The minimum Gasteiger partial charge on any atom is -0.504 e. The molecule has 0 spiro atoms. The van der Waals surface area contributed by atoms with Crippen molar-refractivity contribution in [3.8, 4) is 39.4 Å². The van der Waals surface area contributed by atoms with Gasteiger partial charge in [0.25, 0.3) is 5.91 Å². The summed E-state index contributed by atoms with van der Waals surface area (Å²) in [4.78, 5) is 26.4. The molecule has 0 fully saturated rings. The van der Waals surface area contributed by atoms with Crippen molar-refractivity contribution in [3.63, 3.8) is 0 Å². The number of hydrogen-bond donors (Lipinski definition) is 3. The lowest BCUT2D eigenvalue weighted by Crippen LogP contribution is -2.13. The maximum Gasteiger partial charge on any atom is 0.268 e. The number of anilines is 1. The van der Waals surface area contributed by atoms with Gasteiger partial charge in [-0.25, -0.2) is 4.98 Å². The second-order valence-corrected chi connectivity index (χ2v) is 7.52. The molecule has 0 aliphatic heterocycles. The predicted molar refractivity (Wildman–Crippen MR) is 121 cm³/mol. The Labute approximate surface area is 186 Å². The van der Waals surface area contributed by atoms with Crippen molar-refractivity contribution in [2.45, 2.75) is 0 Å². The van der Waals surface area contributed by atoms with E-state index in [0.29, 0.717) is 22.1 Å². The highest BCUT2D eigenvalue weighted by atomic mass is 32.1. The van der Waals surface area contributed by atoms with Crippen LogP contribution in [0.15, 0.2) is 72.7 Å². The lowest BCUT2D eigenvalue weighted by atomic mass is 10.1. The molecule has 0 aliphatic carbocycles. The van der Waals surface area contributed by atoms with Crippen LogP contribution in [0, 0.1) is 11.3 Å². The van der Waals surface area contributed by atoms with Crippen LogP contribution in [0.25, 0.3) is 27.9 Å². The van der Waals surface area contributed by atoms with Crippen molar-refractivity contribution in [2.75, 3.05) is 5.32 Å². The Bertz CT molecular complexity index is 1290. The van der Waals surface area contributed by atoms with Gasteiger partial charge in [-0.1, -0.05) is 47.7 Å². The first-order chi connectivity index (χ1) is 15.5. The van der Waals surface area contributed by atoms with Crippen LogP contribution < -0.4 is 5.32 Å². The van der Waals surface area contributed by atoms with Gasteiger partial charge in [-0.15, -0.1) is 0 Å². The van der Waals surface area contributed by atoms with E-state index in [4.69, 9.17) is 0 Å². The highest BCUT2D eigenvalue weighted by Gasteiger charge is 2.19. The third kappa shape index (κ3) is 4.45. The third-order valence-electron chi connectivity index (χ3n) is 4.37. The highest BCUT2D eigenvalue weighted by Crippen LogP contribution is 2.38. The molecule has 0 unspecified atom stereocenters. The highest BCUT2D eigenvalue weighted by molar-refractivity contribution is 7.19. The molecular formula is C23H15N5O3S. The number of nitriles is 1. The van der Waals surface area contributed by atoms with Gasteiger partial charge in [0.15, 0.2) is 16.6 Å². The van der Waals surface area contributed by atoms with E-state index in [1.807, 2.05) is 36.4 Å². The number of carbonyl (C=O) groups is 1. The predicted octanol–water partition coefficient (Wildman–Crippen LogP) is 4.22. The summed E-state index contributed by atoms with van der Waals surface area (Å²) in [5.74, 6) is -1.30. The van der Waals surface area contributed by atoms with E-state index < -0.39 is 5.91 Å². The van der Waals surface area contributed by atoms with Crippen LogP contribution in [0.2, 0.25) is 0 Å². The molecule has 2 aromatic heterocycles. The number of nitrogens with one attached hydrogen (secondary N) is 1. The van der Waals surface area contributed by atoms with Gasteiger partial charge in [-0.3, -0.25) is 20.1 Å². The average Bonchev–Trinajstić information content (AvgIpc) is 3.24. The number of nitrogens with zero attached hydrogens (tertiary/aromatic N) is 4. The Kier molecular flexibility index (Phi) is 5.87. The first-order valence-corrected chi connectivity index (χ1v) is 10.1. The molecule has 0 saturated carbocycles. The summed E-state index contributed by atoms with van der Waals surface area (Å²) in [6.45, 7) is 0. The quantitative estimate of drug-likeness (QED) is 0.240. The van der Waals surface area contributed by atoms with Crippen molar-refractivity contribution < 1.29 is 15.0 Å². The van der Waals surface area contributed by atoms with E-state index in [9.17, 15) is 20.3 Å². The zero-order valence-electron chi connectivity index (χ0n) is 16.4. The summed E-state index contributed by atoms with van der Waals surface area (Å²) in [7, 11) is 0. The van der Waals surface area contributed by atoms with Crippen molar-refractivity contribution in [1.82, 2.24) is 15.0 Å². The van der Waals surface area contributed by atoms with Crippen molar-refractivity contribution >= 4 is 28.5 Å². The number of hydrogen-bond acceptors (Lipinski definition) is 8. The van der Waals surface area contributed by atoms with E-state index in [1.54, 1.807) is 18.6 Å². The average molecular weight is 441 g/mol. The standard InChI is InChI=1S/C23H15N5O3S/c24-12-16(10-14-6-7-18(29)19(30)11-14)22(31)28-23-27-20(15-4-2-1-3-5-15)21(32-23)17-13-25-8-9-26-17/h1-11,13,29-30H,(H,27,28,31). The second kappa shape index (κ2) is 9.07. The molecule has 32 heavy (non-hydrogen) atoms. The molecule has 9 heteroatoms. The van der Waals surface area contributed by atoms with Gasteiger partial charge in [-0.05, 0) is 23.8 Å². The topological polar surface area (TPSA) is 132 Å². The van der Waals surface area contributed by atoms with Gasteiger partial charge in [-0.2, -0.15) is 5.26 Å². The van der Waals surface area contributed by atoms with Gasteiger partial charge < -0.3 is 10.2 Å². The Hall–Kier alpha value is -4.55. The number of carbonyl (C=O) groups excluding carboxylic acids is 1. The largest absolute Gasteiger partial charge is 0.504 e. The summed E-state index contributed by atoms with van der Waals surface area (Å²) in [6.07, 6.45) is 6.07. The monoisotopic (exact) mass is 441 g/mol. The number of amides is 1. The second-order valence-electron chi connectivity index (χ2n) is 6.53. The molecule has 0 atom stereocenters. The first kappa shape index (κ1) is 20.7. The molecule has 8 nitrogen and oxygen atoms in total. The Morgan fingerprint density at radius 1 is 1.09 bits per heavy atom. The maximum absolute atomic E-state index is 12.7. The fourth-order valence-electron chi connectivity index (χ4n) is 2.87. The van der Waals surface area contributed by atoms with Crippen LogP contribution in [-0.4, -0.2) is 31.1 Å². The van der Waals surface area contributed by atoms with Crippen molar-refractivity contribution in [2.24, 2.45) is 0 Å². The first-order valence-electron chi connectivity index (χ1n) is 9.33. The van der Waals surface area contributed by atoms with Crippen LogP contribution in [0.1, 0.15) is 5.56 Å². The SMILES string of the molecule is N#CC(=Cc1ccc(O)c(O)c1)C(=O)Nc1nc(-c2ccccc2)c(-c2cnccn2)s1. The smallest absolute Gasteiger partial charge is 0.268 e. The number of thiazole rings is 1. The Balaban J connectivity index is 1.67. The Morgan fingerprint density at radius 3 is 2.59 bits per heavy atom. The summed E-state index contributed by atoms with van der Waals surface area (Å²) in [5, 5.41) is 31.5. The molecule has 2 heterocycles. The van der Waals surface area contributed by atoms with Crippen LogP contribution in [0.4, 0.5) is 5.13 Å². The normalized spacial score (nSPS) is 11.0. The van der Waals surface area contributed by atoms with Gasteiger partial charge in [0.1, 0.15) is 17.3 Å². The fourth-order valence-corrected chi connectivity index (χ4v) is 3.81. The molecule has 1 amide bonds. The minimum absolute atomic E-state index is 0.187. The number of aromatic hydroxyl groups is 2. The number of phenols is 2. The van der Waals surface area contributed by atoms with Crippen molar-refractivity contribution in [3.05, 3.63) is 78.3 Å². The summed E-state index contributed by atoms with van der Waals surface area (Å²) in [5.41, 5.74) is 2.29. The van der Waals surface area contributed by atoms with Crippen LogP contribution in [0.3, 0.4) is 0 Å². The van der Waals surface area contributed by atoms with Crippen molar-refractivity contribution in [1.29, 1.82) is 5.26 Å². The fraction of sp³-hybridized carbons (Fsp3) is 0. The minimum atomic E-state index is -0.654. The molecule has 3 N–H and O–H groups in total. The number of phenolic OH excluding ortho intramolecular Hbond substituents is 2. The summed E-state index contributed by atoms with van der Waals surface area (Å²) < 4.78 is 0. The molecule has 4 aromatic rings. The number of rotatable bonds is 5. The lowest BCUT2D eigenvalue weighted by Gasteiger charge is -2.02. The zero-order chi connectivity index (χ0) is 22.5. The molecular weight excluding hydrogens is 426 g/mol. The number of benzene rings is 2. The Morgan fingerprint density at radius 2 is 1.91 bits per heavy atom. The van der Waals surface area contributed by atoms with E-state index in [2.05, 4.69) is 20.3 Å². The molecule has 0 saturated heterocycles. The third-order valence-corrected chi connectivity index (χ3v) is 5.36. The van der Waals surface area contributed by atoms with E-state index in [0.717, 1.165) is 10.4 Å². The number of aromatic nitrogens is 3. The molecule has 2 aromatic carbocycles. The molecule has 0 aliphatic rings. The van der Waals surface area contributed by atoms with Crippen LogP contribution in [-0.2, 0) is 4.79 Å². The zero-order valence-corrected chi connectivity index (χ0v) is 17.2. The van der Waals surface area contributed by atoms with Gasteiger partial charge >= 0.3 is 0 Å². The summed E-state index contributed by atoms with van der Waals surface area (Å²) >= 11 is 1.22. The molecule has 156 valence electrons. The maximum atomic E-state index is 12.7. The molecule has 0 bridgehead atoms. The van der Waals surface area contributed by atoms with E-state index >= 15 is 0 Å². The van der Waals surface area contributed by atoms with Gasteiger partial charge in [0.05, 0.1) is 16.8 Å².